The van der Waals surface area contributed by atoms with Gasteiger partial charge in [0.05, 0.1) is 11.1 Å². The minimum absolute atomic E-state index is 0. The van der Waals surface area contributed by atoms with Crippen LogP contribution in [0.1, 0.15) is 30.4 Å². The van der Waals surface area contributed by atoms with Crippen LogP contribution in [0, 0.1) is 5.92 Å². The van der Waals surface area contributed by atoms with Gasteiger partial charge in [-0.1, -0.05) is 0 Å². The molecule has 0 aliphatic carbocycles. The molecule has 25 heavy (non-hydrogen) atoms. The number of nitrogens with one attached hydrogen (secondary N) is 2. The van der Waals surface area contributed by atoms with Crippen molar-refractivity contribution in [3.8, 4) is 0 Å². The Morgan fingerprint density at radius 1 is 1.08 bits per heavy atom. The zero-order valence-corrected chi connectivity index (χ0v) is 13.7. The molecule has 0 saturated carbocycles. The predicted octanol–water partition coefficient (Wildman–Crippen LogP) is 4.47. The quantitative estimate of drug-likeness (QED) is 0.745. The summed E-state index contributed by atoms with van der Waals surface area (Å²) in [4.78, 5) is 11.8. The highest BCUT2D eigenvalue weighted by atomic mass is 35.5. The molecule has 0 bridgehead atoms. The van der Waals surface area contributed by atoms with Crippen LogP contribution in [0.5, 0.6) is 0 Å². The number of alkyl halides is 6. The molecule has 2 rings (SSSR count). The lowest BCUT2D eigenvalue weighted by atomic mass is 10.0. The van der Waals surface area contributed by atoms with Crippen molar-refractivity contribution < 1.29 is 31.1 Å². The van der Waals surface area contributed by atoms with E-state index in [1.807, 2.05) is 0 Å². The van der Waals surface area contributed by atoms with Gasteiger partial charge in [-0.2, -0.15) is 26.3 Å². The van der Waals surface area contributed by atoms with Crippen molar-refractivity contribution >= 4 is 24.0 Å². The van der Waals surface area contributed by atoms with E-state index in [-0.39, 0.29) is 24.9 Å². The molecule has 0 spiro atoms. The second-order valence-electron chi connectivity index (χ2n) is 5.74. The maximum atomic E-state index is 12.7. The fraction of sp³-hybridized carbons (Fsp3) is 0.533. The Bertz CT molecular complexity index is 564. The van der Waals surface area contributed by atoms with Gasteiger partial charge in [0.1, 0.15) is 0 Å². The third-order valence-corrected chi connectivity index (χ3v) is 3.81. The molecule has 1 aliphatic heterocycles. The minimum Gasteiger partial charge on any atom is -0.326 e. The van der Waals surface area contributed by atoms with Crippen LogP contribution in [0.15, 0.2) is 18.2 Å². The van der Waals surface area contributed by atoms with E-state index in [4.69, 9.17) is 0 Å². The molecule has 1 saturated heterocycles. The first-order chi connectivity index (χ1) is 11.1. The molecule has 2 N–H and O–H groups in total. The molecule has 10 heteroatoms. The number of hydrogen-bond donors (Lipinski definition) is 2. The van der Waals surface area contributed by atoms with E-state index in [9.17, 15) is 31.1 Å². The Morgan fingerprint density at radius 2 is 1.64 bits per heavy atom. The molecule has 1 fully saturated rings. The van der Waals surface area contributed by atoms with Gasteiger partial charge in [0.25, 0.3) is 0 Å². The highest BCUT2D eigenvalue weighted by molar-refractivity contribution is 5.90. The zero-order valence-electron chi connectivity index (χ0n) is 12.9. The normalized spacial score (nSPS) is 17.9. The Kier molecular flexibility index (Phi) is 7.13. The van der Waals surface area contributed by atoms with Crippen molar-refractivity contribution in [2.75, 3.05) is 18.4 Å². The molecule has 1 atom stereocenters. The summed E-state index contributed by atoms with van der Waals surface area (Å²) >= 11 is 0. The molecule has 0 aromatic heterocycles. The van der Waals surface area contributed by atoms with Crippen LogP contribution in [-0.4, -0.2) is 19.0 Å². The molecule has 142 valence electrons. The van der Waals surface area contributed by atoms with E-state index in [2.05, 4.69) is 10.6 Å². The number of amides is 1. The van der Waals surface area contributed by atoms with E-state index in [0.29, 0.717) is 24.5 Å². The molecule has 1 aromatic rings. The maximum Gasteiger partial charge on any atom is 0.416 e. The van der Waals surface area contributed by atoms with Crippen molar-refractivity contribution in [3.05, 3.63) is 29.3 Å². The topological polar surface area (TPSA) is 41.1 Å². The van der Waals surface area contributed by atoms with Crippen LogP contribution in [0.4, 0.5) is 32.0 Å². The van der Waals surface area contributed by atoms with Crippen LogP contribution in [-0.2, 0) is 17.1 Å². The van der Waals surface area contributed by atoms with Gasteiger partial charge in [-0.05, 0) is 50.0 Å². The number of benzene rings is 1. The standard InChI is InChI=1S/C15H16F6N2O.ClH/c16-14(17,18)10-5-11(15(19,20)21)7-12(6-10)23-13(24)2-1-9-3-4-22-8-9;/h5-7,9,22H,1-4,8H2,(H,23,24);1H. The van der Waals surface area contributed by atoms with Crippen LogP contribution >= 0.6 is 12.4 Å². The van der Waals surface area contributed by atoms with Crippen LogP contribution in [0.3, 0.4) is 0 Å². The highest BCUT2D eigenvalue weighted by Crippen LogP contribution is 2.37. The van der Waals surface area contributed by atoms with Crippen molar-refractivity contribution in [1.82, 2.24) is 5.32 Å². The Labute approximate surface area is 146 Å². The maximum absolute atomic E-state index is 12.7. The van der Waals surface area contributed by atoms with Gasteiger partial charge < -0.3 is 10.6 Å². The van der Waals surface area contributed by atoms with Gasteiger partial charge >= 0.3 is 12.4 Å². The molecule has 1 aromatic carbocycles. The Hall–Kier alpha value is -1.48. The average molecular weight is 391 g/mol. The number of carbonyl (C=O) groups is 1. The molecule has 3 nitrogen and oxygen atoms in total. The molecule has 1 heterocycles. The van der Waals surface area contributed by atoms with Gasteiger partial charge in [0.15, 0.2) is 0 Å². The number of anilines is 1. The zero-order chi connectivity index (χ0) is 18.0. The molecule has 0 radical (unpaired) electrons. The third-order valence-electron chi connectivity index (χ3n) is 3.81. The fourth-order valence-corrected chi connectivity index (χ4v) is 2.55. The van der Waals surface area contributed by atoms with Gasteiger partial charge in [-0.15, -0.1) is 12.4 Å². The Morgan fingerprint density at radius 3 is 2.08 bits per heavy atom. The lowest BCUT2D eigenvalue weighted by Gasteiger charge is -2.15. The SMILES string of the molecule is Cl.O=C(CCC1CCNC1)Nc1cc(C(F)(F)F)cc(C(F)(F)F)c1. The van der Waals surface area contributed by atoms with Crippen LogP contribution in [0.25, 0.3) is 0 Å². The predicted molar refractivity (Wildman–Crippen MR) is 82.5 cm³/mol. The van der Waals surface area contributed by atoms with Crippen molar-refractivity contribution in [1.29, 1.82) is 0 Å². The largest absolute Gasteiger partial charge is 0.416 e. The lowest BCUT2D eigenvalue weighted by molar-refractivity contribution is -0.143. The van der Waals surface area contributed by atoms with Gasteiger partial charge in [0.2, 0.25) is 5.91 Å². The first-order valence-electron chi connectivity index (χ1n) is 7.36. The fourth-order valence-electron chi connectivity index (χ4n) is 2.55. The molecule has 1 amide bonds. The molecule has 1 aliphatic rings. The van der Waals surface area contributed by atoms with E-state index in [1.165, 1.54) is 0 Å². The van der Waals surface area contributed by atoms with Crippen LogP contribution in [0.2, 0.25) is 0 Å². The van der Waals surface area contributed by atoms with E-state index in [1.54, 1.807) is 0 Å². The second kappa shape index (κ2) is 8.27. The smallest absolute Gasteiger partial charge is 0.326 e. The second-order valence-corrected chi connectivity index (χ2v) is 5.74. The monoisotopic (exact) mass is 390 g/mol. The van der Waals surface area contributed by atoms with Crippen molar-refractivity contribution in [3.63, 3.8) is 0 Å². The van der Waals surface area contributed by atoms with Gasteiger partial charge in [-0.3, -0.25) is 4.79 Å². The van der Waals surface area contributed by atoms with E-state index >= 15 is 0 Å². The number of carbonyl (C=O) groups excluding carboxylic acids is 1. The number of halogens is 7. The minimum atomic E-state index is -4.93. The summed E-state index contributed by atoms with van der Waals surface area (Å²) in [5, 5.41) is 5.24. The summed E-state index contributed by atoms with van der Waals surface area (Å²) in [7, 11) is 0. The first-order valence-corrected chi connectivity index (χ1v) is 7.36. The number of rotatable bonds is 4. The lowest BCUT2D eigenvalue weighted by Crippen LogP contribution is -2.17. The van der Waals surface area contributed by atoms with Crippen molar-refractivity contribution in [2.24, 2.45) is 5.92 Å². The highest BCUT2D eigenvalue weighted by Gasteiger charge is 2.37. The van der Waals surface area contributed by atoms with Crippen LogP contribution < -0.4 is 10.6 Å². The molecular formula is C15H17ClF6N2O. The first kappa shape index (κ1) is 21.6. The molecular weight excluding hydrogens is 374 g/mol. The summed E-state index contributed by atoms with van der Waals surface area (Å²) in [5.74, 6) is -0.308. The summed E-state index contributed by atoms with van der Waals surface area (Å²) in [6.07, 6.45) is -8.39. The third kappa shape index (κ3) is 6.39. The van der Waals surface area contributed by atoms with Gasteiger partial charge in [-0.25, -0.2) is 0 Å². The summed E-state index contributed by atoms with van der Waals surface area (Å²) < 4.78 is 76.4. The number of hydrogen-bond acceptors (Lipinski definition) is 2. The molecule has 1 unspecified atom stereocenters. The van der Waals surface area contributed by atoms with Crippen molar-refractivity contribution in [2.45, 2.75) is 31.6 Å². The van der Waals surface area contributed by atoms with Gasteiger partial charge in [0, 0.05) is 12.1 Å². The summed E-state index contributed by atoms with van der Waals surface area (Å²) in [5.41, 5.74) is -3.41. The summed E-state index contributed by atoms with van der Waals surface area (Å²) in [6.45, 7) is 1.60. The average Bonchev–Trinajstić information content (AvgIpc) is 2.96. The van der Waals surface area contributed by atoms with E-state index < -0.39 is 35.1 Å². The Balaban J connectivity index is 0.00000312. The van der Waals surface area contributed by atoms with E-state index in [0.717, 1.165) is 19.5 Å². The summed E-state index contributed by atoms with van der Waals surface area (Å²) in [6, 6.07) is 1.04.